The van der Waals surface area contributed by atoms with E-state index < -0.39 is 15.6 Å². The van der Waals surface area contributed by atoms with Gasteiger partial charge in [-0.25, -0.2) is 13.1 Å². The van der Waals surface area contributed by atoms with Crippen molar-refractivity contribution in [3.8, 4) is 0 Å². The van der Waals surface area contributed by atoms with Crippen LogP contribution in [-0.2, 0) is 33.3 Å². The van der Waals surface area contributed by atoms with Crippen LogP contribution >= 0.6 is 11.3 Å². The SMILES string of the molecule is C[C@@](O)(CNS(=O)(=O)c1cc2c3c(c1)CCN3C(=O)CC2)c1cccs1. The number of carbonyl (C=O) groups excluding carboxylic acids is 1. The van der Waals surface area contributed by atoms with Gasteiger partial charge in [0.05, 0.1) is 10.6 Å². The van der Waals surface area contributed by atoms with Gasteiger partial charge in [0.25, 0.3) is 0 Å². The average molecular weight is 393 g/mol. The minimum Gasteiger partial charge on any atom is -0.383 e. The number of hydrogen-bond acceptors (Lipinski definition) is 5. The lowest BCUT2D eigenvalue weighted by atomic mass is 10.00. The molecule has 2 N–H and O–H groups in total. The topological polar surface area (TPSA) is 86.7 Å². The molecular weight excluding hydrogens is 372 g/mol. The van der Waals surface area contributed by atoms with E-state index in [0.29, 0.717) is 30.7 Å². The van der Waals surface area contributed by atoms with Crippen LogP contribution in [0.4, 0.5) is 5.69 Å². The highest BCUT2D eigenvalue weighted by atomic mass is 32.2. The molecule has 0 saturated carbocycles. The molecule has 1 atom stereocenters. The lowest BCUT2D eigenvalue weighted by Crippen LogP contribution is -2.38. The van der Waals surface area contributed by atoms with Crippen LogP contribution < -0.4 is 9.62 Å². The second kappa shape index (κ2) is 6.16. The second-order valence-electron chi connectivity index (χ2n) is 6.96. The van der Waals surface area contributed by atoms with E-state index in [0.717, 1.165) is 16.8 Å². The van der Waals surface area contributed by atoms with Gasteiger partial charge < -0.3 is 10.0 Å². The molecule has 1 amide bonds. The van der Waals surface area contributed by atoms with Crippen molar-refractivity contribution in [1.82, 2.24) is 4.72 Å². The maximum atomic E-state index is 12.8. The van der Waals surface area contributed by atoms with Crippen LogP contribution in [0.3, 0.4) is 0 Å². The normalized spacial score (nSPS) is 18.7. The summed E-state index contributed by atoms with van der Waals surface area (Å²) in [4.78, 5) is 14.7. The van der Waals surface area contributed by atoms with Gasteiger partial charge in [-0.2, -0.15) is 0 Å². The first-order chi connectivity index (χ1) is 12.3. The molecular formula is C18H20N2O4S2. The largest absolute Gasteiger partial charge is 0.383 e. The molecule has 4 rings (SSSR count). The van der Waals surface area contributed by atoms with Gasteiger partial charge in [0.1, 0.15) is 5.60 Å². The van der Waals surface area contributed by atoms with E-state index in [1.54, 1.807) is 30.0 Å². The van der Waals surface area contributed by atoms with E-state index in [4.69, 9.17) is 0 Å². The summed E-state index contributed by atoms with van der Waals surface area (Å²) >= 11 is 1.38. The molecule has 2 aromatic rings. The van der Waals surface area contributed by atoms with E-state index in [1.165, 1.54) is 11.3 Å². The van der Waals surface area contributed by atoms with E-state index in [9.17, 15) is 18.3 Å². The van der Waals surface area contributed by atoms with Crippen LogP contribution in [0, 0.1) is 0 Å². The van der Waals surface area contributed by atoms with Gasteiger partial charge >= 0.3 is 0 Å². The summed E-state index contributed by atoms with van der Waals surface area (Å²) in [6.07, 6.45) is 1.65. The van der Waals surface area contributed by atoms with Gasteiger partial charge in [-0.1, -0.05) is 6.07 Å². The quantitative estimate of drug-likeness (QED) is 0.812. The Kier molecular flexibility index (Phi) is 4.18. The van der Waals surface area contributed by atoms with Crippen molar-refractivity contribution >= 4 is 33.0 Å². The number of nitrogens with one attached hydrogen (secondary N) is 1. The van der Waals surface area contributed by atoms with Gasteiger partial charge in [0, 0.05) is 24.4 Å². The summed E-state index contributed by atoms with van der Waals surface area (Å²) in [5, 5.41) is 12.4. The molecule has 0 saturated heterocycles. The molecule has 0 fully saturated rings. The van der Waals surface area contributed by atoms with E-state index >= 15 is 0 Å². The average Bonchev–Trinajstić information content (AvgIpc) is 3.27. The fourth-order valence-corrected chi connectivity index (χ4v) is 5.59. The van der Waals surface area contributed by atoms with Crippen molar-refractivity contribution in [2.75, 3.05) is 18.0 Å². The second-order valence-corrected chi connectivity index (χ2v) is 9.68. The number of aliphatic hydroxyl groups is 1. The molecule has 0 spiro atoms. The molecule has 1 aromatic heterocycles. The predicted octanol–water partition coefficient (Wildman–Crippen LogP) is 1.77. The zero-order valence-electron chi connectivity index (χ0n) is 14.4. The van der Waals surface area contributed by atoms with Gasteiger partial charge in [-0.3, -0.25) is 4.79 Å². The molecule has 0 bridgehead atoms. The van der Waals surface area contributed by atoms with Crippen LogP contribution in [0.1, 0.15) is 29.3 Å². The van der Waals surface area contributed by atoms with Crippen LogP contribution in [0.5, 0.6) is 0 Å². The number of sulfonamides is 1. The summed E-state index contributed by atoms with van der Waals surface area (Å²) in [6, 6.07) is 6.91. The highest BCUT2D eigenvalue weighted by Crippen LogP contribution is 2.38. The van der Waals surface area contributed by atoms with Crippen LogP contribution in [-0.4, -0.2) is 32.5 Å². The Morgan fingerprint density at radius 2 is 2.00 bits per heavy atom. The number of rotatable bonds is 5. The van der Waals surface area contributed by atoms with Crippen LogP contribution in [0.2, 0.25) is 0 Å². The Labute approximate surface area is 156 Å². The predicted molar refractivity (Wildman–Crippen MR) is 99.9 cm³/mol. The Morgan fingerprint density at radius 1 is 1.27 bits per heavy atom. The zero-order valence-corrected chi connectivity index (χ0v) is 16.0. The minimum absolute atomic E-state index is 0.104. The van der Waals surface area contributed by atoms with E-state index in [1.807, 2.05) is 11.4 Å². The highest BCUT2D eigenvalue weighted by Gasteiger charge is 2.33. The molecule has 0 aliphatic carbocycles. The van der Waals surface area contributed by atoms with E-state index in [2.05, 4.69) is 4.72 Å². The lowest BCUT2D eigenvalue weighted by Gasteiger charge is -2.26. The summed E-state index contributed by atoms with van der Waals surface area (Å²) in [7, 11) is -3.75. The molecule has 138 valence electrons. The summed E-state index contributed by atoms with van der Waals surface area (Å²) in [6.45, 7) is 2.11. The molecule has 3 heterocycles. The van der Waals surface area contributed by atoms with Gasteiger partial charge in [-0.05, 0) is 54.5 Å². The fraction of sp³-hybridized carbons (Fsp3) is 0.389. The number of aryl methyl sites for hydroxylation is 1. The van der Waals surface area contributed by atoms with Crippen molar-refractivity contribution in [3.63, 3.8) is 0 Å². The third-order valence-electron chi connectivity index (χ3n) is 4.99. The first-order valence-electron chi connectivity index (χ1n) is 8.50. The number of nitrogens with zero attached hydrogens (tertiary/aromatic N) is 1. The van der Waals surface area contributed by atoms with Crippen molar-refractivity contribution in [3.05, 3.63) is 45.6 Å². The molecule has 0 unspecified atom stereocenters. The molecule has 1 aromatic carbocycles. The maximum absolute atomic E-state index is 12.8. The molecule has 6 nitrogen and oxygen atoms in total. The first-order valence-corrected chi connectivity index (χ1v) is 10.9. The number of carbonyl (C=O) groups is 1. The highest BCUT2D eigenvalue weighted by molar-refractivity contribution is 7.89. The smallest absolute Gasteiger partial charge is 0.240 e. The van der Waals surface area contributed by atoms with Crippen molar-refractivity contribution in [1.29, 1.82) is 0 Å². The van der Waals surface area contributed by atoms with E-state index in [-0.39, 0.29) is 17.3 Å². The minimum atomic E-state index is -3.75. The fourth-order valence-electron chi connectivity index (χ4n) is 3.57. The molecule has 26 heavy (non-hydrogen) atoms. The van der Waals surface area contributed by atoms with Crippen LogP contribution in [0.25, 0.3) is 0 Å². The zero-order chi connectivity index (χ0) is 18.5. The monoisotopic (exact) mass is 392 g/mol. The Bertz CT molecular complexity index is 965. The van der Waals surface area contributed by atoms with Gasteiger partial charge in [0.15, 0.2) is 0 Å². The summed E-state index contributed by atoms with van der Waals surface area (Å²) in [5.74, 6) is 0.108. The summed E-state index contributed by atoms with van der Waals surface area (Å²) < 4.78 is 28.1. The maximum Gasteiger partial charge on any atom is 0.240 e. The standard InChI is InChI=1S/C18H20N2O4S2/c1-18(22,15-3-2-8-25-15)11-19-26(23,24)14-9-12-4-5-16(21)20-7-6-13(10-14)17(12)20/h2-3,8-10,19,22H,4-7,11H2,1H3/t18-/m1/s1. The van der Waals surface area contributed by atoms with Gasteiger partial charge in [-0.15, -0.1) is 11.3 Å². The lowest BCUT2D eigenvalue weighted by molar-refractivity contribution is -0.118. The number of hydrogen-bond donors (Lipinski definition) is 2. The Hall–Kier alpha value is -1.74. The molecule has 2 aliphatic heterocycles. The van der Waals surface area contributed by atoms with Crippen molar-refractivity contribution in [2.45, 2.75) is 36.7 Å². The molecule has 8 heteroatoms. The third kappa shape index (κ3) is 2.96. The number of benzene rings is 1. The first kappa shape index (κ1) is 17.7. The summed E-state index contributed by atoms with van der Waals surface area (Å²) in [5.41, 5.74) is 1.44. The molecule has 0 radical (unpaired) electrons. The third-order valence-corrected chi connectivity index (χ3v) is 7.50. The van der Waals surface area contributed by atoms with Crippen molar-refractivity contribution < 1.29 is 18.3 Å². The Balaban J connectivity index is 1.60. The number of anilines is 1. The van der Waals surface area contributed by atoms with Crippen molar-refractivity contribution in [2.24, 2.45) is 0 Å². The Morgan fingerprint density at radius 3 is 2.69 bits per heavy atom. The number of amides is 1. The van der Waals surface area contributed by atoms with Gasteiger partial charge in [0.2, 0.25) is 15.9 Å². The molecule has 2 aliphatic rings. The number of thiophene rings is 1. The van der Waals surface area contributed by atoms with Crippen LogP contribution in [0.15, 0.2) is 34.5 Å².